The van der Waals surface area contributed by atoms with Crippen molar-refractivity contribution in [2.24, 2.45) is 0 Å². The summed E-state index contributed by atoms with van der Waals surface area (Å²) >= 11 is 5.80. The molecule has 0 bridgehead atoms. The predicted octanol–water partition coefficient (Wildman–Crippen LogP) is 4.81. The molecular weight excluding hydrogens is 345 g/mol. The van der Waals surface area contributed by atoms with Crippen LogP contribution in [0.5, 0.6) is 0 Å². The predicted molar refractivity (Wildman–Crippen MR) is 91.5 cm³/mol. The number of aryl methyl sites for hydroxylation is 1. The molecule has 0 aliphatic carbocycles. The summed E-state index contributed by atoms with van der Waals surface area (Å²) in [6, 6.07) is 13.4. The van der Waals surface area contributed by atoms with E-state index in [1.807, 2.05) is 0 Å². The fraction of sp³-hybridized carbons (Fsp3) is 0.158. The molecule has 3 rings (SSSR count). The first-order valence-electron chi connectivity index (χ1n) is 7.71. The van der Waals surface area contributed by atoms with E-state index in [-0.39, 0.29) is 31.2 Å². The highest BCUT2D eigenvalue weighted by atomic mass is 35.5. The van der Waals surface area contributed by atoms with Crippen LogP contribution in [-0.2, 0) is 22.6 Å². The minimum absolute atomic E-state index is 0.130. The summed E-state index contributed by atoms with van der Waals surface area (Å²) in [5.74, 6) is -0.0440. The molecule has 3 aromatic rings. The lowest BCUT2D eigenvalue weighted by molar-refractivity contribution is -0.145. The molecule has 6 heteroatoms. The molecule has 0 radical (unpaired) electrons. The number of halogens is 2. The van der Waals surface area contributed by atoms with Crippen LogP contribution in [0.1, 0.15) is 17.9 Å². The first kappa shape index (κ1) is 17.2. The Morgan fingerprint density at radius 3 is 2.68 bits per heavy atom. The first-order valence-corrected chi connectivity index (χ1v) is 8.09. The van der Waals surface area contributed by atoms with Crippen LogP contribution in [0.4, 0.5) is 4.39 Å². The van der Waals surface area contributed by atoms with E-state index in [0.717, 1.165) is 5.56 Å². The molecule has 0 amide bonds. The van der Waals surface area contributed by atoms with Crippen LogP contribution >= 0.6 is 11.6 Å². The lowest BCUT2D eigenvalue weighted by Crippen LogP contribution is -2.06. The number of carbonyl (C=O) groups excluding carboxylic acids is 1. The number of benzene rings is 2. The smallest absolute Gasteiger partial charge is 0.306 e. The van der Waals surface area contributed by atoms with Gasteiger partial charge in [0.15, 0.2) is 11.7 Å². The topological polar surface area (TPSA) is 52.3 Å². The first-order chi connectivity index (χ1) is 12.1. The van der Waals surface area contributed by atoms with E-state index in [0.29, 0.717) is 22.2 Å². The molecule has 0 aliphatic rings. The van der Waals surface area contributed by atoms with Crippen LogP contribution in [0, 0.1) is 5.82 Å². The third-order valence-electron chi connectivity index (χ3n) is 3.55. The number of oxazole rings is 1. The molecule has 0 saturated heterocycles. The monoisotopic (exact) mass is 359 g/mol. The van der Waals surface area contributed by atoms with Gasteiger partial charge >= 0.3 is 5.97 Å². The van der Waals surface area contributed by atoms with E-state index < -0.39 is 0 Å². The molecule has 0 atom stereocenters. The molecule has 4 nitrogen and oxygen atoms in total. The van der Waals surface area contributed by atoms with Crippen LogP contribution in [0.3, 0.4) is 0 Å². The van der Waals surface area contributed by atoms with Crippen LogP contribution in [-0.4, -0.2) is 11.0 Å². The number of ether oxygens (including phenoxy) is 1. The van der Waals surface area contributed by atoms with Gasteiger partial charge in [-0.2, -0.15) is 0 Å². The van der Waals surface area contributed by atoms with E-state index in [9.17, 15) is 9.18 Å². The Hall–Kier alpha value is -2.66. The summed E-state index contributed by atoms with van der Waals surface area (Å²) in [4.78, 5) is 15.9. The summed E-state index contributed by atoms with van der Waals surface area (Å²) in [5.41, 5.74) is 1.20. The van der Waals surface area contributed by atoms with Gasteiger partial charge in [-0.25, -0.2) is 9.37 Å². The summed E-state index contributed by atoms with van der Waals surface area (Å²) in [6.45, 7) is 0.183. The molecule has 0 aliphatic heterocycles. The van der Waals surface area contributed by atoms with Crippen molar-refractivity contribution in [2.45, 2.75) is 19.4 Å². The van der Waals surface area contributed by atoms with Crippen molar-refractivity contribution in [1.82, 2.24) is 4.98 Å². The van der Waals surface area contributed by atoms with Crippen molar-refractivity contribution >= 4 is 17.6 Å². The van der Waals surface area contributed by atoms with Crippen LogP contribution in [0.2, 0.25) is 5.02 Å². The number of rotatable bonds is 6. The zero-order valence-electron chi connectivity index (χ0n) is 13.2. The fourth-order valence-electron chi connectivity index (χ4n) is 2.24. The van der Waals surface area contributed by atoms with Gasteiger partial charge in [0.25, 0.3) is 0 Å². The highest BCUT2D eigenvalue weighted by Crippen LogP contribution is 2.23. The van der Waals surface area contributed by atoms with Crippen molar-refractivity contribution in [3.63, 3.8) is 0 Å². The minimum atomic E-state index is -0.382. The SMILES string of the molecule is O=C(CCc1ncc(-c2ccccc2F)o1)OCc1ccc(Cl)cc1. The summed E-state index contributed by atoms with van der Waals surface area (Å²) in [5, 5.41) is 0.629. The summed E-state index contributed by atoms with van der Waals surface area (Å²) in [6.07, 6.45) is 1.87. The van der Waals surface area contributed by atoms with Gasteiger partial charge < -0.3 is 9.15 Å². The highest BCUT2D eigenvalue weighted by Gasteiger charge is 2.12. The molecule has 25 heavy (non-hydrogen) atoms. The molecular formula is C19H15ClFNO3. The van der Waals surface area contributed by atoms with Gasteiger partial charge in [-0.05, 0) is 29.8 Å². The van der Waals surface area contributed by atoms with E-state index in [1.165, 1.54) is 12.3 Å². The Morgan fingerprint density at radius 1 is 1.16 bits per heavy atom. The summed E-state index contributed by atoms with van der Waals surface area (Å²) < 4.78 is 24.4. The van der Waals surface area contributed by atoms with Gasteiger partial charge in [-0.15, -0.1) is 0 Å². The van der Waals surface area contributed by atoms with E-state index >= 15 is 0 Å². The second-order valence-electron chi connectivity index (χ2n) is 5.39. The second kappa shape index (κ2) is 7.94. The number of carbonyl (C=O) groups is 1. The molecule has 0 spiro atoms. The Bertz CT molecular complexity index is 861. The van der Waals surface area contributed by atoms with Crippen molar-refractivity contribution in [1.29, 1.82) is 0 Å². The zero-order chi connectivity index (χ0) is 17.6. The Labute approximate surface area is 149 Å². The van der Waals surface area contributed by atoms with Gasteiger partial charge in [-0.3, -0.25) is 4.79 Å². The Kier molecular flexibility index (Phi) is 5.46. The number of aromatic nitrogens is 1. The van der Waals surface area contributed by atoms with E-state index in [1.54, 1.807) is 42.5 Å². The number of nitrogens with zero attached hydrogens (tertiary/aromatic N) is 1. The molecule has 128 valence electrons. The van der Waals surface area contributed by atoms with Gasteiger partial charge in [0.2, 0.25) is 0 Å². The maximum absolute atomic E-state index is 13.7. The number of esters is 1. The molecule has 0 unspecified atom stereocenters. The molecule has 2 aromatic carbocycles. The lowest BCUT2D eigenvalue weighted by atomic mass is 10.2. The van der Waals surface area contributed by atoms with E-state index in [4.69, 9.17) is 20.8 Å². The zero-order valence-corrected chi connectivity index (χ0v) is 14.0. The van der Waals surface area contributed by atoms with Crippen LogP contribution in [0.25, 0.3) is 11.3 Å². The van der Waals surface area contributed by atoms with Gasteiger partial charge in [0.05, 0.1) is 18.2 Å². The third-order valence-corrected chi connectivity index (χ3v) is 3.80. The maximum atomic E-state index is 13.7. The third kappa shape index (κ3) is 4.67. The molecule has 1 heterocycles. The molecule has 1 aromatic heterocycles. The average molecular weight is 360 g/mol. The molecule has 0 fully saturated rings. The van der Waals surface area contributed by atoms with Crippen molar-refractivity contribution in [3.8, 4) is 11.3 Å². The van der Waals surface area contributed by atoms with Crippen molar-refractivity contribution < 1.29 is 18.3 Å². The fourth-order valence-corrected chi connectivity index (χ4v) is 2.36. The maximum Gasteiger partial charge on any atom is 0.306 e. The Balaban J connectivity index is 1.51. The second-order valence-corrected chi connectivity index (χ2v) is 5.82. The highest BCUT2D eigenvalue weighted by molar-refractivity contribution is 6.30. The average Bonchev–Trinajstić information content (AvgIpc) is 3.08. The summed E-state index contributed by atoms with van der Waals surface area (Å²) in [7, 11) is 0. The minimum Gasteiger partial charge on any atom is -0.461 e. The molecule has 0 N–H and O–H groups in total. The number of hydrogen-bond acceptors (Lipinski definition) is 4. The van der Waals surface area contributed by atoms with Gasteiger partial charge in [0.1, 0.15) is 12.4 Å². The van der Waals surface area contributed by atoms with Crippen LogP contribution in [0.15, 0.2) is 59.1 Å². The standard InChI is InChI=1S/C19H15ClFNO3/c20-14-7-5-13(6-8-14)12-24-19(23)10-9-18-22-11-17(25-18)15-3-1-2-4-16(15)21/h1-8,11H,9-10,12H2. The van der Waals surface area contributed by atoms with Gasteiger partial charge in [-0.1, -0.05) is 35.9 Å². The van der Waals surface area contributed by atoms with Crippen LogP contribution < -0.4 is 0 Å². The van der Waals surface area contributed by atoms with Crippen molar-refractivity contribution in [3.05, 3.63) is 77.0 Å². The quantitative estimate of drug-likeness (QED) is 0.593. The molecule has 0 saturated carbocycles. The normalized spacial score (nSPS) is 10.6. The van der Waals surface area contributed by atoms with Gasteiger partial charge in [0, 0.05) is 11.4 Å². The largest absolute Gasteiger partial charge is 0.461 e. The van der Waals surface area contributed by atoms with E-state index in [2.05, 4.69) is 4.98 Å². The Morgan fingerprint density at radius 2 is 1.92 bits per heavy atom. The van der Waals surface area contributed by atoms with Crippen molar-refractivity contribution in [2.75, 3.05) is 0 Å². The lowest BCUT2D eigenvalue weighted by Gasteiger charge is -2.04. The number of hydrogen-bond donors (Lipinski definition) is 0.